The highest BCUT2D eigenvalue weighted by atomic mass is 35.5. The molecule has 0 amide bonds. The number of benzene rings is 1. The van der Waals surface area contributed by atoms with Crippen LogP contribution in [0.25, 0.3) is 10.9 Å². The number of fused-ring (bicyclic) bond motifs is 1. The average Bonchev–Trinajstić information content (AvgIpc) is 2.47. The number of nitrogens with one attached hydrogen (secondary N) is 1. The van der Waals surface area contributed by atoms with Gasteiger partial charge in [-0.1, -0.05) is 38.3 Å². The Kier molecular flexibility index (Phi) is 4.34. The third kappa shape index (κ3) is 3.16. The predicted molar refractivity (Wildman–Crippen MR) is 91.0 cm³/mol. The molecule has 0 aliphatic heterocycles. The van der Waals surface area contributed by atoms with E-state index in [2.05, 4.69) is 36.3 Å². The van der Waals surface area contributed by atoms with Crippen LogP contribution in [0.2, 0.25) is 5.02 Å². The number of pyridine rings is 1. The van der Waals surface area contributed by atoms with Gasteiger partial charge in [-0.2, -0.15) is 0 Å². The molecule has 1 aliphatic carbocycles. The third-order valence-corrected chi connectivity index (χ3v) is 4.96. The molecule has 3 heteroatoms. The van der Waals surface area contributed by atoms with E-state index in [1.54, 1.807) is 0 Å². The molecule has 2 nitrogen and oxygen atoms in total. The van der Waals surface area contributed by atoms with Gasteiger partial charge >= 0.3 is 0 Å². The molecule has 1 aliphatic rings. The van der Waals surface area contributed by atoms with Crippen LogP contribution in [-0.4, -0.2) is 11.0 Å². The number of aromatic nitrogens is 1. The minimum atomic E-state index is 0.569. The van der Waals surface area contributed by atoms with E-state index in [0.717, 1.165) is 27.8 Å². The SMILES string of the molecule is CC(C)C1CCCCC1Nc1ccnc2cc(Cl)ccc12. The fraction of sp³-hybridized carbons (Fsp3) is 0.500. The summed E-state index contributed by atoms with van der Waals surface area (Å²) in [6.45, 7) is 4.68. The zero-order valence-corrected chi connectivity index (χ0v) is 13.5. The molecule has 3 rings (SSSR count). The van der Waals surface area contributed by atoms with Crippen molar-refractivity contribution in [2.45, 2.75) is 45.6 Å². The van der Waals surface area contributed by atoms with Gasteiger partial charge in [0.25, 0.3) is 0 Å². The van der Waals surface area contributed by atoms with Gasteiger partial charge in [-0.25, -0.2) is 0 Å². The summed E-state index contributed by atoms with van der Waals surface area (Å²) in [7, 11) is 0. The number of hydrogen-bond acceptors (Lipinski definition) is 2. The van der Waals surface area contributed by atoms with Crippen LogP contribution in [0.4, 0.5) is 5.69 Å². The van der Waals surface area contributed by atoms with Crippen LogP contribution >= 0.6 is 11.6 Å². The van der Waals surface area contributed by atoms with Crippen LogP contribution in [0.3, 0.4) is 0 Å². The molecule has 2 aromatic rings. The van der Waals surface area contributed by atoms with Crippen molar-refractivity contribution < 1.29 is 0 Å². The standard InChI is InChI=1S/C18H23ClN2/c1-12(2)14-5-3-4-6-16(14)21-17-9-10-20-18-11-13(19)7-8-15(17)18/h7-12,14,16H,3-6H2,1-2H3,(H,20,21). The van der Waals surface area contributed by atoms with Gasteiger partial charge in [0, 0.05) is 28.3 Å². The van der Waals surface area contributed by atoms with Crippen molar-refractivity contribution in [1.29, 1.82) is 0 Å². The second kappa shape index (κ2) is 6.23. The van der Waals surface area contributed by atoms with Crippen LogP contribution in [0, 0.1) is 11.8 Å². The van der Waals surface area contributed by atoms with Crippen LogP contribution < -0.4 is 5.32 Å². The normalized spacial score (nSPS) is 22.7. The lowest BCUT2D eigenvalue weighted by molar-refractivity contribution is 0.254. The molecule has 1 aromatic carbocycles. The highest BCUT2D eigenvalue weighted by Gasteiger charge is 2.27. The lowest BCUT2D eigenvalue weighted by Crippen LogP contribution is -2.35. The second-order valence-electron chi connectivity index (χ2n) is 6.46. The number of halogens is 1. The minimum Gasteiger partial charge on any atom is -0.381 e. The zero-order valence-electron chi connectivity index (χ0n) is 12.8. The summed E-state index contributed by atoms with van der Waals surface area (Å²) >= 11 is 6.07. The van der Waals surface area contributed by atoms with E-state index >= 15 is 0 Å². The van der Waals surface area contributed by atoms with Crippen molar-refractivity contribution >= 4 is 28.2 Å². The Morgan fingerprint density at radius 1 is 1.19 bits per heavy atom. The Labute approximate surface area is 131 Å². The zero-order chi connectivity index (χ0) is 14.8. The van der Waals surface area contributed by atoms with E-state index in [1.807, 2.05) is 18.3 Å². The maximum absolute atomic E-state index is 6.07. The largest absolute Gasteiger partial charge is 0.381 e. The van der Waals surface area contributed by atoms with Crippen LogP contribution in [0.1, 0.15) is 39.5 Å². The Bertz CT molecular complexity index is 624. The molecule has 0 saturated heterocycles. The van der Waals surface area contributed by atoms with Gasteiger partial charge < -0.3 is 5.32 Å². The number of nitrogens with zero attached hydrogens (tertiary/aromatic N) is 1. The van der Waals surface area contributed by atoms with E-state index in [4.69, 9.17) is 11.6 Å². The summed E-state index contributed by atoms with van der Waals surface area (Å²) in [4.78, 5) is 4.43. The smallest absolute Gasteiger partial charge is 0.0737 e. The second-order valence-corrected chi connectivity index (χ2v) is 6.90. The van der Waals surface area contributed by atoms with Crippen LogP contribution in [-0.2, 0) is 0 Å². The molecule has 0 radical (unpaired) electrons. The Morgan fingerprint density at radius 3 is 2.81 bits per heavy atom. The molecule has 2 atom stereocenters. The van der Waals surface area contributed by atoms with E-state index < -0.39 is 0 Å². The summed E-state index contributed by atoms with van der Waals surface area (Å²) in [6, 6.07) is 8.60. The van der Waals surface area contributed by atoms with Crippen molar-refractivity contribution in [3.63, 3.8) is 0 Å². The molecule has 1 heterocycles. The quantitative estimate of drug-likeness (QED) is 0.808. The molecule has 0 bridgehead atoms. The summed E-state index contributed by atoms with van der Waals surface area (Å²) in [5.74, 6) is 1.49. The summed E-state index contributed by atoms with van der Waals surface area (Å²) in [5, 5.41) is 5.69. The highest BCUT2D eigenvalue weighted by Crippen LogP contribution is 2.34. The Morgan fingerprint density at radius 2 is 2.00 bits per heavy atom. The molecule has 1 aromatic heterocycles. The van der Waals surface area contributed by atoms with Gasteiger partial charge in [0.05, 0.1) is 5.52 Å². The minimum absolute atomic E-state index is 0.569. The lowest BCUT2D eigenvalue weighted by Gasteiger charge is -2.35. The fourth-order valence-corrected chi connectivity index (χ4v) is 3.75. The van der Waals surface area contributed by atoms with Crippen molar-refractivity contribution in [3.05, 3.63) is 35.5 Å². The first-order valence-corrected chi connectivity index (χ1v) is 8.34. The van der Waals surface area contributed by atoms with E-state index in [1.165, 1.54) is 31.4 Å². The first-order valence-electron chi connectivity index (χ1n) is 7.96. The molecule has 1 fully saturated rings. The monoisotopic (exact) mass is 302 g/mol. The van der Waals surface area contributed by atoms with Gasteiger partial charge in [-0.05, 0) is 48.9 Å². The van der Waals surface area contributed by atoms with E-state index in [0.29, 0.717) is 6.04 Å². The molecule has 21 heavy (non-hydrogen) atoms. The van der Waals surface area contributed by atoms with Gasteiger partial charge in [0.2, 0.25) is 0 Å². The Balaban J connectivity index is 1.90. The molecule has 0 spiro atoms. The maximum atomic E-state index is 6.07. The lowest BCUT2D eigenvalue weighted by atomic mass is 9.77. The van der Waals surface area contributed by atoms with Crippen molar-refractivity contribution in [2.24, 2.45) is 11.8 Å². The summed E-state index contributed by atoms with van der Waals surface area (Å²) in [5.41, 5.74) is 2.15. The Hall–Kier alpha value is -1.28. The van der Waals surface area contributed by atoms with Gasteiger partial charge in [-0.15, -0.1) is 0 Å². The van der Waals surface area contributed by atoms with Crippen LogP contribution in [0.15, 0.2) is 30.5 Å². The predicted octanol–water partition coefficient (Wildman–Crippen LogP) is 5.51. The van der Waals surface area contributed by atoms with E-state index in [9.17, 15) is 0 Å². The molecule has 1 N–H and O–H groups in total. The molecule has 1 saturated carbocycles. The van der Waals surface area contributed by atoms with Crippen molar-refractivity contribution in [2.75, 3.05) is 5.32 Å². The molecule has 2 unspecified atom stereocenters. The number of anilines is 1. The summed E-state index contributed by atoms with van der Waals surface area (Å²) in [6.07, 6.45) is 7.17. The third-order valence-electron chi connectivity index (χ3n) is 4.72. The number of rotatable bonds is 3. The average molecular weight is 303 g/mol. The first-order chi connectivity index (χ1) is 10.1. The van der Waals surface area contributed by atoms with Crippen molar-refractivity contribution in [1.82, 2.24) is 4.98 Å². The first kappa shape index (κ1) is 14.6. The van der Waals surface area contributed by atoms with Gasteiger partial charge in [-0.3, -0.25) is 4.98 Å². The molecular formula is C18H23ClN2. The van der Waals surface area contributed by atoms with Crippen molar-refractivity contribution in [3.8, 4) is 0 Å². The fourth-order valence-electron chi connectivity index (χ4n) is 3.58. The molecule has 112 valence electrons. The number of hydrogen-bond donors (Lipinski definition) is 1. The van der Waals surface area contributed by atoms with Gasteiger partial charge in [0.1, 0.15) is 0 Å². The highest BCUT2D eigenvalue weighted by molar-refractivity contribution is 6.31. The van der Waals surface area contributed by atoms with Crippen LogP contribution in [0.5, 0.6) is 0 Å². The topological polar surface area (TPSA) is 24.9 Å². The maximum Gasteiger partial charge on any atom is 0.0737 e. The van der Waals surface area contributed by atoms with Gasteiger partial charge in [0.15, 0.2) is 0 Å². The van der Waals surface area contributed by atoms with E-state index in [-0.39, 0.29) is 0 Å². The molecular weight excluding hydrogens is 280 g/mol. The summed E-state index contributed by atoms with van der Waals surface area (Å²) < 4.78 is 0.